The third-order valence-electron chi connectivity index (χ3n) is 3.54. The first kappa shape index (κ1) is 16.4. The van der Waals surface area contributed by atoms with E-state index in [-0.39, 0.29) is 0 Å². The van der Waals surface area contributed by atoms with Crippen molar-refractivity contribution in [3.05, 3.63) is 34.4 Å². The molecule has 1 N–H and O–H groups in total. The fourth-order valence-electron chi connectivity index (χ4n) is 2.81. The van der Waals surface area contributed by atoms with E-state index in [0.717, 1.165) is 12.2 Å². The van der Waals surface area contributed by atoms with Gasteiger partial charge in [-0.15, -0.1) is 0 Å². The molecule has 2 nitrogen and oxygen atoms in total. The predicted octanol–water partition coefficient (Wildman–Crippen LogP) is 3.42. The van der Waals surface area contributed by atoms with Crippen molar-refractivity contribution in [2.24, 2.45) is 0 Å². The van der Waals surface area contributed by atoms with Crippen molar-refractivity contribution < 1.29 is 4.21 Å². The molecule has 0 aliphatic carbocycles. The summed E-state index contributed by atoms with van der Waals surface area (Å²) in [6.45, 7) is 10.9. The lowest BCUT2D eigenvalue weighted by Gasteiger charge is -2.23. The van der Waals surface area contributed by atoms with Gasteiger partial charge in [-0.25, -0.2) is 0 Å². The number of aryl methyl sites for hydroxylation is 3. The molecule has 1 rings (SSSR count). The van der Waals surface area contributed by atoms with Crippen LogP contribution in [-0.2, 0) is 10.8 Å². The highest BCUT2D eigenvalue weighted by Gasteiger charge is 2.14. The smallest absolute Gasteiger partial charge is 0.0299 e. The molecule has 19 heavy (non-hydrogen) atoms. The van der Waals surface area contributed by atoms with Gasteiger partial charge in [0, 0.05) is 34.9 Å². The molecule has 0 amide bonds. The van der Waals surface area contributed by atoms with Gasteiger partial charge in [-0.2, -0.15) is 0 Å². The number of nitrogens with one attached hydrogen (secondary N) is 1. The number of hydrogen-bond donors (Lipinski definition) is 1. The maximum Gasteiger partial charge on any atom is 0.0299 e. The zero-order chi connectivity index (χ0) is 14.6. The van der Waals surface area contributed by atoms with E-state index in [1.165, 1.54) is 22.3 Å². The van der Waals surface area contributed by atoms with Crippen LogP contribution in [0.5, 0.6) is 0 Å². The molecule has 0 radical (unpaired) electrons. The van der Waals surface area contributed by atoms with Crippen LogP contribution in [0.4, 0.5) is 0 Å². The van der Waals surface area contributed by atoms with E-state index in [4.69, 9.17) is 0 Å². The second-order valence-corrected chi connectivity index (χ2v) is 7.22. The van der Waals surface area contributed by atoms with Gasteiger partial charge in [0.25, 0.3) is 0 Å². The number of benzene rings is 1. The first-order valence-corrected chi connectivity index (χ1v) is 8.67. The van der Waals surface area contributed by atoms with Crippen molar-refractivity contribution in [3.63, 3.8) is 0 Å². The zero-order valence-corrected chi connectivity index (χ0v) is 13.9. The molecule has 1 aromatic carbocycles. The minimum absolute atomic E-state index is 0.334. The van der Waals surface area contributed by atoms with Crippen LogP contribution in [0.3, 0.4) is 0 Å². The molecule has 0 fully saturated rings. The minimum Gasteiger partial charge on any atom is -0.308 e. The Morgan fingerprint density at radius 3 is 2.16 bits per heavy atom. The third kappa shape index (κ3) is 5.07. The van der Waals surface area contributed by atoms with Crippen LogP contribution in [0, 0.1) is 20.8 Å². The monoisotopic (exact) mass is 281 g/mol. The fraction of sp³-hybridized carbons (Fsp3) is 0.625. The number of rotatable bonds is 6. The summed E-state index contributed by atoms with van der Waals surface area (Å²) in [5.74, 6) is 0.771. The van der Waals surface area contributed by atoms with E-state index in [1.807, 2.05) is 0 Å². The fourth-order valence-corrected chi connectivity index (χ4v) is 3.50. The molecule has 108 valence electrons. The average molecular weight is 281 g/mol. The highest BCUT2D eigenvalue weighted by atomic mass is 32.2. The molecule has 0 spiro atoms. The van der Waals surface area contributed by atoms with Gasteiger partial charge in [-0.3, -0.25) is 4.21 Å². The van der Waals surface area contributed by atoms with E-state index in [9.17, 15) is 4.21 Å². The predicted molar refractivity (Wildman–Crippen MR) is 85.2 cm³/mol. The Morgan fingerprint density at radius 2 is 1.68 bits per heavy atom. The molecule has 0 aliphatic rings. The van der Waals surface area contributed by atoms with Crippen LogP contribution >= 0.6 is 0 Å². The van der Waals surface area contributed by atoms with Gasteiger partial charge in [0.05, 0.1) is 0 Å². The Morgan fingerprint density at radius 1 is 1.16 bits per heavy atom. The van der Waals surface area contributed by atoms with E-state index in [0.29, 0.717) is 12.1 Å². The van der Waals surface area contributed by atoms with Crippen LogP contribution < -0.4 is 5.32 Å². The molecule has 1 aromatic rings. The van der Waals surface area contributed by atoms with Crippen LogP contribution in [-0.4, -0.2) is 22.3 Å². The summed E-state index contributed by atoms with van der Waals surface area (Å²) in [5, 5.41) is 3.62. The quantitative estimate of drug-likeness (QED) is 0.865. The summed E-state index contributed by atoms with van der Waals surface area (Å²) in [4.78, 5) is 0. The second kappa shape index (κ2) is 7.20. The van der Waals surface area contributed by atoms with Gasteiger partial charge in [-0.05, 0) is 57.7 Å². The van der Waals surface area contributed by atoms with Gasteiger partial charge in [0.15, 0.2) is 0 Å². The SMILES string of the molecule is Cc1cc(C)c(C(C)NC(C)CCS(C)=O)c(C)c1. The molecule has 3 atom stereocenters. The van der Waals surface area contributed by atoms with Gasteiger partial charge >= 0.3 is 0 Å². The lowest BCUT2D eigenvalue weighted by molar-refractivity contribution is 0.468. The second-order valence-electron chi connectivity index (χ2n) is 5.67. The van der Waals surface area contributed by atoms with Gasteiger partial charge in [0.1, 0.15) is 0 Å². The Hall–Kier alpha value is -0.670. The molecule has 0 aliphatic heterocycles. The van der Waals surface area contributed by atoms with Crippen LogP contribution in [0.1, 0.15) is 48.6 Å². The summed E-state index contributed by atoms with van der Waals surface area (Å²) >= 11 is 0. The zero-order valence-electron chi connectivity index (χ0n) is 13.0. The Labute approximate surface area is 120 Å². The molecule has 0 aromatic heterocycles. The van der Waals surface area contributed by atoms with Crippen LogP contribution in [0.15, 0.2) is 12.1 Å². The summed E-state index contributed by atoms with van der Waals surface area (Å²) < 4.78 is 11.1. The Balaban J connectivity index is 2.73. The molecule has 0 saturated heterocycles. The van der Waals surface area contributed by atoms with Crippen molar-refractivity contribution in [2.45, 2.75) is 53.1 Å². The lowest BCUT2D eigenvalue weighted by Crippen LogP contribution is -2.31. The maximum atomic E-state index is 11.1. The van der Waals surface area contributed by atoms with E-state index in [1.54, 1.807) is 6.26 Å². The first-order chi connectivity index (χ1) is 8.81. The van der Waals surface area contributed by atoms with Crippen molar-refractivity contribution in [3.8, 4) is 0 Å². The molecule has 3 heteroatoms. The molecular formula is C16H27NOS. The van der Waals surface area contributed by atoms with Gasteiger partial charge in [-0.1, -0.05) is 17.7 Å². The largest absolute Gasteiger partial charge is 0.308 e. The lowest BCUT2D eigenvalue weighted by atomic mass is 9.94. The van der Waals surface area contributed by atoms with Crippen molar-refractivity contribution in [1.29, 1.82) is 0 Å². The van der Waals surface area contributed by atoms with Crippen molar-refractivity contribution >= 4 is 10.8 Å². The molecule has 3 unspecified atom stereocenters. The summed E-state index contributed by atoms with van der Waals surface area (Å²) in [6.07, 6.45) is 2.72. The van der Waals surface area contributed by atoms with E-state index in [2.05, 4.69) is 52.1 Å². The standard InChI is InChI=1S/C16H27NOS/c1-11-9-12(2)16(13(3)10-11)15(5)17-14(4)7-8-19(6)18/h9-10,14-15,17H,7-8H2,1-6H3. The van der Waals surface area contributed by atoms with Gasteiger partial charge in [0.2, 0.25) is 0 Å². The van der Waals surface area contributed by atoms with E-state index >= 15 is 0 Å². The third-order valence-corrected chi connectivity index (χ3v) is 4.35. The maximum absolute atomic E-state index is 11.1. The first-order valence-electron chi connectivity index (χ1n) is 6.95. The normalized spacial score (nSPS) is 16.1. The van der Waals surface area contributed by atoms with Crippen molar-refractivity contribution in [1.82, 2.24) is 5.32 Å². The highest BCUT2D eigenvalue weighted by Crippen LogP contribution is 2.23. The topological polar surface area (TPSA) is 29.1 Å². The summed E-state index contributed by atoms with van der Waals surface area (Å²) in [6, 6.07) is 5.21. The average Bonchev–Trinajstić information content (AvgIpc) is 2.24. The van der Waals surface area contributed by atoms with Crippen LogP contribution in [0.2, 0.25) is 0 Å². The van der Waals surface area contributed by atoms with Crippen LogP contribution in [0.25, 0.3) is 0 Å². The van der Waals surface area contributed by atoms with Gasteiger partial charge < -0.3 is 5.32 Å². The number of hydrogen-bond acceptors (Lipinski definition) is 2. The summed E-state index contributed by atoms with van der Waals surface area (Å²) in [5.41, 5.74) is 5.42. The minimum atomic E-state index is -0.697. The molecule has 0 bridgehead atoms. The highest BCUT2D eigenvalue weighted by molar-refractivity contribution is 7.84. The van der Waals surface area contributed by atoms with Crippen molar-refractivity contribution in [2.75, 3.05) is 12.0 Å². The van der Waals surface area contributed by atoms with E-state index < -0.39 is 10.8 Å². The molecular weight excluding hydrogens is 254 g/mol. The Bertz CT molecular complexity index is 433. The summed E-state index contributed by atoms with van der Waals surface area (Å²) in [7, 11) is -0.697. The molecule has 0 saturated carbocycles. The molecule has 0 heterocycles. The Kier molecular flexibility index (Phi) is 6.21.